The fraction of sp³-hybridized carbons (Fsp3) is 0.316. The maximum Gasteiger partial charge on any atom is 0.227 e. The molecule has 0 aliphatic heterocycles. The van der Waals surface area contributed by atoms with Gasteiger partial charge in [0.2, 0.25) is 5.91 Å². The van der Waals surface area contributed by atoms with Gasteiger partial charge in [-0.1, -0.05) is 49.7 Å². The molecule has 2 aromatic carbocycles. The van der Waals surface area contributed by atoms with Crippen molar-refractivity contribution >= 4 is 5.91 Å². The second kappa shape index (κ2) is 8.44. The summed E-state index contributed by atoms with van der Waals surface area (Å²) in [5.74, 6) is -0.650. The van der Waals surface area contributed by atoms with Crippen LogP contribution in [0.25, 0.3) is 0 Å². The number of halogens is 1. The van der Waals surface area contributed by atoms with Gasteiger partial charge in [-0.25, -0.2) is 4.39 Å². The summed E-state index contributed by atoms with van der Waals surface area (Å²) in [6.07, 6.45) is 1.69. The Morgan fingerprint density at radius 2 is 1.96 bits per heavy atom. The molecule has 0 aromatic heterocycles. The number of carbonyl (C=O) groups excluding carboxylic acids is 1. The van der Waals surface area contributed by atoms with Crippen molar-refractivity contribution in [2.45, 2.75) is 38.8 Å². The minimum atomic E-state index is -0.435. The van der Waals surface area contributed by atoms with Crippen LogP contribution in [0.5, 0.6) is 0 Å². The first-order valence-corrected chi connectivity index (χ1v) is 7.86. The van der Waals surface area contributed by atoms with Crippen LogP contribution in [0, 0.1) is 5.82 Å². The van der Waals surface area contributed by atoms with E-state index >= 15 is 0 Å². The van der Waals surface area contributed by atoms with E-state index in [1.807, 2.05) is 30.3 Å². The summed E-state index contributed by atoms with van der Waals surface area (Å²) in [7, 11) is 0. The summed E-state index contributed by atoms with van der Waals surface area (Å²) in [4.78, 5) is 12.5. The molecule has 3 nitrogen and oxygen atoms in total. The van der Waals surface area contributed by atoms with E-state index in [0.29, 0.717) is 6.54 Å². The van der Waals surface area contributed by atoms with Crippen molar-refractivity contribution in [1.29, 1.82) is 0 Å². The predicted octanol–water partition coefficient (Wildman–Crippen LogP) is 3.52. The van der Waals surface area contributed by atoms with Gasteiger partial charge in [-0.15, -0.1) is 0 Å². The fourth-order valence-electron chi connectivity index (χ4n) is 2.59. The SMILES string of the molecule is CCCC(C(=O)NCc1ccc(F)c(CO)c1)c1ccccc1. The Bertz CT molecular complexity index is 643. The fourth-order valence-corrected chi connectivity index (χ4v) is 2.59. The van der Waals surface area contributed by atoms with Crippen LogP contribution >= 0.6 is 0 Å². The van der Waals surface area contributed by atoms with Gasteiger partial charge in [-0.05, 0) is 29.7 Å². The standard InChI is InChI=1S/C19H22FNO2/c1-2-6-17(15-7-4-3-5-8-15)19(23)21-12-14-9-10-18(20)16(11-14)13-22/h3-5,7-11,17,22H,2,6,12-13H2,1H3,(H,21,23). The topological polar surface area (TPSA) is 49.3 Å². The summed E-state index contributed by atoms with van der Waals surface area (Å²) >= 11 is 0. The molecular formula is C19H22FNO2. The Morgan fingerprint density at radius 3 is 2.61 bits per heavy atom. The second-order valence-corrected chi connectivity index (χ2v) is 5.55. The van der Waals surface area contributed by atoms with E-state index in [1.54, 1.807) is 12.1 Å². The first kappa shape index (κ1) is 17.2. The lowest BCUT2D eigenvalue weighted by Crippen LogP contribution is -2.29. The monoisotopic (exact) mass is 315 g/mol. The summed E-state index contributed by atoms with van der Waals surface area (Å²) < 4.78 is 13.4. The lowest BCUT2D eigenvalue weighted by Gasteiger charge is -2.17. The summed E-state index contributed by atoms with van der Waals surface area (Å²) in [5.41, 5.74) is 2.01. The molecule has 122 valence electrons. The molecule has 0 fully saturated rings. The van der Waals surface area contributed by atoms with Gasteiger partial charge in [0.1, 0.15) is 5.82 Å². The number of nitrogens with one attached hydrogen (secondary N) is 1. The number of benzene rings is 2. The Kier molecular flexibility index (Phi) is 6.29. The van der Waals surface area contributed by atoms with Gasteiger partial charge < -0.3 is 10.4 Å². The van der Waals surface area contributed by atoms with Crippen LogP contribution < -0.4 is 5.32 Å². The number of amides is 1. The molecule has 1 atom stereocenters. The molecule has 23 heavy (non-hydrogen) atoms. The molecule has 0 spiro atoms. The van der Waals surface area contributed by atoms with E-state index < -0.39 is 5.82 Å². The molecule has 4 heteroatoms. The number of rotatable bonds is 7. The van der Waals surface area contributed by atoms with Crippen molar-refractivity contribution in [3.63, 3.8) is 0 Å². The summed E-state index contributed by atoms with van der Waals surface area (Å²) in [5, 5.41) is 12.0. The van der Waals surface area contributed by atoms with E-state index in [-0.39, 0.29) is 24.0 Å². The number of carbonyl (C=O) groups is 1. The first-order chi connectivity index (χ1) is 11.2. The highest BCUT2D eigenvalue weighted by atomic mass is 19.1. The largest absolute Gasteiger partial charge is 0.392 e. The molecule has 1 amide bonds. The van der Waals surface area contributed by atoms with Crippen molar-refractivity contribution in [2.75, 3.05) is 0 Å². The molecule has 1 unspecified atom stereocenters. The quantitative estimate of drug-likeness (QED) is 0.821. The van der Waals surface area contributed by atoms with Crippen LogP contribution in [0.4, 0.5) is 4.39 Å². The number of hydrogen-bond acceptors (Lipinski definition) is 2. The minimum absolute atomic E-state index is 0.0343. The minimum Gasteiger partial charge on any atom is -0.392 e. The molecule has 0 heterocycles. The lowest BCUT2D eigenvalue weighted by molar-refractivity contribution is -0.122. The van der Waals surface area contributed by atoms with Crippen molar-refractivity contribution in [3.05, 3.63) is 71.0 Å². The van der Waals surface area contributed by atoms with E-state index in [0.717, 1.165) is 24.0 Å². The molecular weight excluding hydrogens is 293 g/mol. The normalized spacial score (nSPS) is 12.0. The lowest BCUT2D eigenvalue weighted by atomic mass is 9.93. The second-order valence-electron chi connectivity index (χ2n) is 5.55. The van der Waals surface area contributed by atoms with Gasteiger partial charge in [0.05, 0.1) is 12.5 Å². The Morgan fingerprint density at radius 1 is 1.22 bits per heavy atom. The molecule has 0 radical (unpaired) electrons. The van der Waals surface area contributed by atoms with Crippen LogP contribution in [0.2, 0.25) is 0 Å². The van der Waals surface area contributed by atoms with E-state index in [2.05, 4.69) is 12.2 Å². The first-order valence-electron chi connectivity index (χ1n) is 7.86. The smallest absolute Gasteiger partial charge is 0.227 e. The van der Waals surface area contributed by atoms with Crippen molar-refractivity contribution < 1.29 is 14.3 Å². The van der Waals surface area contributed by atoms with Crippen molar-refractivity contribution in [2.24, 2.45) is 0 Å². The zero-order chi connectivity index (χ0) is 16.7. The van der Waals surface area contributed by atoms with Gasteiger partial charge in [0, 0.05) is 12.1 Å². The average molecular weight is 315 g/mol. The zero-order valence-corrected chi connectivity index (χ0v) is 13.3. The number of aliphatic hydroxyl groups excluding tert-OH is 1. The highest BCUT2D eigenvalue weighted by Gasteiger charge is 2.19. The Hall–Kier alpha value is -2.20. The summed E-state index contributed by atoms with van der Waals surface area (Å²) in [6, 6.07) is 14.2. The third kappa shape index (κ3) is 4.63. The molecule has 2 aromatic rings. The highest BCUT2D eigenvalue weighted by molar-refractivity contribution is 5.83. The summed E-state index contributed by atoms with van der Waals surface area (Å²) in [6.45, 7) is 2.02. The van der Waals surface area contributed by atoms with Gasteiger partial charge in [-0.2, -0.15) is 0 Å². The molecule has 0 aliphatic rings. The van der Waals surface area contributed by atoms with Gasteiger partial charge in [0.15, 0.2) is 0 Å². The van der Waals surface area contributed by atoms with Crippen LogP contribution in [0.3, 0.4) is 0 Å². The van der Waals surface area contributed by atoms with Crippen molar-refractivity contribution in [3.8, 4) is 0 Å². The number of aliphatic hydroxyl groups is 1. The maximum absolute atomic E-state index is 13.4. The van der Waals surface area contributed by atoms with Gasteiger partial charge in [0.25, 0.3) is 0 Å². The molecule has 0 aliphatic carbocycles. The van der Waals surface area contributed by atoms with E-state index in [9.17, 15) is 9.18 Å². The number of hydrogen-bond donors (Lipinski definition) is 2. The van der Waals surface area contributed by atoms with E-state index in [1.165, 1.54) is 6.07 Å². The van der Waals surface area contributed by atoms with E-state index in [4.69, 9.17) is 5.11 Å². The predicted molar refractivity (Wildman–Crippen MR) is 88.3 cm³/mol. The molecule has 2 rings (SSSR count). The highest BCUT2D eigenvalue weighted by Crippen LogP contribution is 2.21. The van der Waals surface area contributed by atoms with Gasteiger partial charge >= 0.3 is 0 Å². The van der Waals surface area contributed by atoms with Crippen LogP contribution in [0.15, 0.2) is 48.5 Å². The molecule has 0 bridgehead atoms. The maximum atomic E-state index is 13.4. The van der Waals surface area contributed by atoms with Crippen LogP contribution in [0.1, 0.15) is 42.4 Å². The van der Waals surface area contributed by atoms with Crippen LogP contribution in [-0.2, 0) is 17.9 Å². The average Bonchev–Trinajstić information content (AvgIpc) is 2.59. The molecule has 2 N–H and O–H groups in total. The zero-order valence-electron chi connectivity index (χ0n) is 13.3. The van der Waals surface area contributed by atoms with Gasteiger partial charge in [-0.3, -0.25) is 4.79 Å². The molecule has 0 saturated heterocycles. The third-order valence-electron chi connectivity index (χ3n) is 3.84. The van der Waals surface area contributed by atoms with Crippen LogP contribution in [-0.4, -0.2) is 11.0 Å². The molecule has 0 saturated carbocycles. The third-order valence-corrected chi connectivity index (χ3v) is 3.84. The Labute approximate surface area is 136 Å². The Balaban J connectivity index is 2.04. The van der Waals surface area contributed by atoms with Crippen molar-refractivity contribution in [1.82, 2.24) is 5.32 Å².